The van der Waals surface area contributed by atoms with Gasteiger partial charge in [0.05, 0.1) is 10.6 Å². The summed E-state index contributed by atoms with van der Waals surface area (Å²) in [5, 5.41) is 13.8. The van der Waals surface area contributed by atoms with Gasteiger partial charge < -0.3 is 19.6 Å². The summed E-state index contributed by atoms with van der Waals surface area (Å²) in [6.07, 6.45) is -2.02. The van der Waals surface area contributed by atoms with Gasteiger partial charge in [0.1, 0.15) is 16.5 Å². The average Bonchev–Trinajstić information content (AvgIpc) is 3.36. The summed E-state index contributed by atoms with van der Waals surface area (Å²) in [5.74, 6) is -0.709. The molecular formula is C21H21F3N4O3S2. The van der Waals surface area contributed by atoms with Crippen molar-refractivity contribution in [2.45, 2.75) is 24.9 Å². The maximum Gasteiger partial charge on any atom is 0.573 e. The second kappa shape index (κ2) is 9.09. The molecular weight excluding hydrogens is 477 g/mol. The van der Waals surface area contributed by atoms with E-state index in [9.17, 15) is 23.1 Å². The normalized spacial score (nSPS) is 20.2. The molecule has 2 aliphatic heterocycles. The molecule has 0 unspecified atom stereocenters. The zero-order valence-corrected chi connectivity index (χ0v) is 19.4. The number of aromatic nitrogens is 1. The van der Waals surface area contributed by atoms with Crippen LogP contribution in [0.15, 0.2) is 39.5 Å². The number of amides is 1. The first-order chi connectivity index (χ1) is 15.5. The van der Waals surface area contributed by atoms with Gasteiger partial charge in [-0.3, -0.25) is 4.79 Å². The van der Waals surface area contributed by atoms with E-state index in [1.165, 1.54) is 47.4 Å². The number of halogens is 3. The first-order valence-electron chi connectivity index (χ1n) is 10.0. The number of amidine groups is 1. The van der Waals surface area contributed by atoms with Crippen molar-refractivity contribution in [3.63, 3.8) is 0 Å². The van der Waals surface area contributed by atoms with Gasteiger partial charge in [0, 0.05) is 43.9 Å². The minimum atomic E-state index is -4.74. The number of likely N-dealkylation sites (tertiary alicyclic amines) is 1. The Morgan fingerprint density at radius 2 is 1.91 bits per heavy atom. The number of hydrogen-bond donors (Lipinski definition) is 1. The molecule has 33 heavy (non-hydrogen) atoms. The van der Waals surface area contributed by atoms with Gasteiger partial charge in [-0.15, -0.1) is 24.5 Å². The Hall–Kier alpha value is -2.41. The molecule has 1 fully saturated rings. The molecule has 1 amide bonds. The van der Waals surface area contributed by atoms with Crippen molar-refractivity contribution in [3.05, 3.63) is 40.2 Å². The van der Waals surface area contributed by atoms with Crippen LogP contribution in [0.2, 0.25) is 0 Å². The summed E-state index contributed by atoms with van der Waals surface area (Å²) in [6, 6.07) is 5.43. The lowest BCUT2D eigenvalue weighted by atomic mass is 10.00. The number of thiazole rings is 1. The molecule has 0 bridgehead atoms. The summed E-state index contributed by atoms with van der Waals surface area (Å²) in [6.45, 7) is 1.50. The number of piperidine rings is 1. The monoisotopic (exact) mass is 498 g/mol. The Labute approximate surface area is 196 Å². The highest BCUT2D eigenvalue weighted by atomic mass is 32.2. The molecule has 1 aromatic heterocycles. The minimum Gasteiger partial charge on any atom is -0.406 e. The van der Waals surface area contributed by atoms with E-state index in [0.29, 0.717) is 39.2 Å². The fraction of sp³-hybridized carbons (Fsp3) is 0.381. The molecule has 1 aromatic carbocycles. The van der Waals surface area contributed by atoms with Crippen molar-refractivity contribution >= 4 is 40.2 Å². The molecule has 0 spiro atoms. The van der Waals surface area contributed by atoms with Crippen molar-refractivity contribution < 1.29 is 27.8 Å². The predicted molar refractivity (Wildman–Crippen MR) is 122 cm³/mol. The number of aliphatic imine (C=N–C) groups is 1. The van der Waals surface area contributed by atoms with Crippen LogP contribution in [0.25, 0.3) is 16.6 Å². The van der Waals surface area contributed by atoms with E-state index in [2.05, 4.69) is 19.6 Å². The molecule has 1 saturated heterocycles. The van der Waals surface area contributed by atoms with Crippen LogP contribution in [0, 0.1) is 0 Å². The molecule has 0 saturated carbocycles. The van der Waals surface area contributed by atoms with Gasteiger partial charge in [-0.2, -0.15) is 4.99 Å². The third-order valence-corrected chi connectivity index (χ3v) is 7.41. The highest BCUT2D eigenvalue weighted by Crippen LogP contribution is 2.35. The number of benzene rings is 1. The largest absolute Gasteiger partial charge is 0.573 e. The lowest BCUT2D eigenvalue weighted by Crippen LogP contribution is -2.54. The number of alkyl halides is 3. The topological polar surface area (TPSA) is 78.3 Å². The molecule has 0 radical (unpaired) electrons. The van der Waals surface area contributed by atoms with Crippen molar-refractivity contribution in [3.8, 4) is 16.3 Å². The number of rotatable bonds is 4. The Bertz CT molecular complexity index is 1090. The van der Waals surface area contributed by atoms with Crippen LogP contribution in [0.1, 0.15) is 18.5 Å². The maximum absolute atomic E-state index is 12.4. The smallest absolute Gasteiger partial charge is 0.406 e. The van der Waals surface area contributed by atoms with E-state index in [1.54, 1.807) is 23.4 Å². The first kappa shape index (κ1) is 23.7. The Kier molecular flexibility index (Phi) is 6.54. The van der Waals surface area contributed by atoms with E-state index in [0.717, 1.165) is 13.1 Å². The van der Waals surface area contributed by atoms with E-state index in [-0.39, 0.29) is 5.75 Å². The zero-order valence-electron chi connectivity index (χ0n) is 17.8. The van der Waals surface area contributed by atoms with Gasteiger partial charge in [-0.25, -0.2) is 4.98 Å². The summed E-state index contributed by atoms with van der Waals surface area (Å²) in [4.78, 5) is 25.2. The van der Waals surface area contributed by atoms with Crippen molar-refractivity contribution in [1.82, 2.24) is 14.8 Å². The number of aliphatic hydroxyl groups is 1. The van der Waals surface area contributed by atoms with Gasteiger partial charge in [-0.05, 0) is 49.2 Å². The van der Waals surface area contributed by atoms with Crippen LogP contribution >= 0.6 is 23.1 Å². The van der Waals surface area contributed by atoms with E-state index in [1.807, 2.05) is 7.05 Å². The molecule has 2 aliphatic rings. The average molecular weight is 499 g/mol. The van der Waals surface area contributed by atoms with Crippen molar-refractivity contribution in [2.24, 2.45) is 4.99 Å². The van der Waals surface area contributed by atoms with E-state index >= 15 is 0 Å². The first-order valence-corrected chi connectivity index (χ1v) is 11.7. The Morgan fingerprint density at radius 3 is 2.55 bits per heavy atom. The van der Waals surface area contributed by atoms with Crippen LogP contribution in [-0.4, -0.2) is 70.2 Å². The van der Waals surface area contributed by atoms with Gasteiger partial charge in [0.25, 0.3) is 5.91 Å². The van der Waals surface area contributed by atoms with Crippen molar-refractivity contribution in [1.29, 1.82) is 0 Å². The molecule has 12 heteroatoms. The number of hydrogen-bond acceptors (Lipinski definition) is 8. The molecule has 0 atom stereocenters. The van der Waals surface area contributed by atoms with Crippen LogP contribution < -0.4 is 4.74 Å². The molecule has 4 rings (SSSR count). The summed E-state index contributed by atoms with van der Waals surface area (Å²) >= 11 is 2.49. The molecule has 7 nitrogen and oxygen atoms in total. The van der Waals surface area contributed by atoms with Crippen LogP contribution in [0.4, 0.5) is 13.2 Å². The number of thioether (sulfide) groups is 1. The molecule has 3 heterocycles. The molecule has 1 N–H and O–H groups in total. The van der Waals surface area contributed by atoms with Crippen molar-refractivity contribution in [2.75, 3.05) is 27.2 Å². The summed E-state index contributed by atoms with van der Waals surface area (Å²) in [5.41, 5.74) is 0.119. The number of carbonyl (C=O) groups excluding carboxylic acids is 1. The third-order valence-electron chi connectivity index (χ3n) is 5.44. The summed E-state index contributed by atoms with van der Waals surface area (Å²) in [7, 11) is 3.74. The zero-order chi connectivity index (χ0) is 23.8. The van der Waals surface area contributed by atoms with E-state index < -0.39 is 18.0 Å². The van der Waals surface area contributed by atoms with Gasteiger partial charge in [0.15, 0.2) is 5.17 Å². The van der Waals surface area contributed by atoms with Gasteiger partial charge in [0.2, 0.25) is 0 Å². The maximum atomic E-state index is 12.4. The molecule has 176 valence electrons. The minimum absolute atomic E-state index is 0.307. The predicted octanol–water partition coefficient (Wildman–Crippen LogP) is 4.03. The van der Waals surface area contributed by atoms with Gasteiger partial charge in [-0.1, -0.05) is 0 Å². The van der Waals surface area contributed by atoms with Crippen LogP contribution in [0.5, 0.6) is 5.75 Å². The summed E-state index contributed by atoms with van der Waals surface area (Å²) < 4.78 is 40.8. The second-order valence-corrected chi connectivity index (χ2v) is 9.67. The van der Waals surface area contributed by atoms with Crippen LogP contribution in [0.3, 0.4) is 0 Å². The van der Waals surface area contributed by atoms with Crippen LogP contribution in [-0.2, 0) is 4.79 Å². The Balaban J connectivity index is 1.44. The Morgan fingerprint density at radius 1 is 1.24 bits per heavy atom. The number of nitrogens with zero attached hydrogens (tertiary/aromatic N) is 4. The van der Waals surface area contributed by atoms with Gasteiger partial charge >= 0.3 is 6.36 Å². The lowest BCUT2D eigenvalue weighted by Gasteiger charge is -2.43. The standard InChI is InChI=1S/C21H21F3N4O3S2/c1-27-9-7-20(30,8-10-27)28(2)19-26-17(29)16(33-19)11-14-12-32-18(25-14)13-3-5-15(6-4-13)31-21(22,23)24/h3-6,11-12,30H,7-10H2,1-2H3/b16-11+. The highest BCUT2D eigenvalue weighted by molar-refractivity contribution is 8.18. The highest BCUT2D eigenvalue weighted by Gasteiger charge is 2.39. The quantitative estimate of drug-likeness (QED) is 0.504. The fourth-order valence-electron chi connectivity index (χ4n) is 3.45. The molecule has 2 aromatic rings. The molecule has 0 aliphatic carbocycles. The second-order valence-electron chi connectivity index (χ2n) is 7.80. The lowest BCUT2D eigenvalue weighted by molar-refractivity contribution is -0.274. The van der Waals surface area contributed by atoms with E-state index in [4.69, 9.17) is 0 Å². The number of carbonyl (C=O) groups is 1. The fourth-order valence-corrected chi connectivity index (χ4v) is 5.18. The number of ether oxygens (including phenoxy) is 1. The third kappa shape index (κ3) is 5.57. The SMILES string of the molecule is CN1CCC(O)(N(C)C2=NC(=O)/C(=C\c3csc(-c4ccc(OC(F)(F)F)cc4)n3)S2)CC1.